The molecule has 1 N–H and O–H groups in total. The van der Waals surface area contributed by atoms with Crippen molar-refractivity contribution in [3.05, 3.63) is 24.2 Å². The summed E-state index contributed by atoms with van der Waals surface area (Å²) >= 11 is 0. The van der Waals surface area contributed by atoms with Crippen molar-refractivity contribution in [3.63, 3.8) is 0 Å². The molecule has 3 nitrogen and oxygen atoms in total. The molecule has 1 saturated heterocycles. The second-order valence-electron chi connectivity index (χ2n) is 5.47. The van der Waals surface area contributed by atoms with Gasteiger partial charge in [-0.3, -0.25) is 4.90 Å². The Labute approximate surface area is 104 Å². The molecule has 1 aromatic heterocycles. The third-order valence-electron chi connectivity index (χ3n) is 3.96. The first-order valence-electron chi connectivity index (χ1n) is 6.64. The number of rotatable bonds is 5. The Kier molecular flexibility index (Phi) is 4.24. The van der Waals surface area contributed by atoms with Crippen LogP contribution in [0.2, 0.25) is 0 Å². The Bertz CT molecular complexity index is 313. The van der Waals surface area contributed by atoms with Crippen LogP contribution in [0.25, 0.3) is 0 Å². The number of nitrogens with zero attached hydrogens (tertiary/aromatic N) is 1. The van der Waals surface area contributed by atoms with Crippen LogP contribution in [0.4, 0.5) is 0 Å². The van der Waals surface area contributed by atoms with Crippen LogP contribution in [-0.4, -0.2) is 30.6 Å². The molecule has 1 aliphatic rings. The largest absolute Gasteiger partial charge is 0.468 e. The highest BCUT2D eigenvalue weighted by Crippen LogP contribution is 2.23. The van der Waals surface area contributed by atoms with Crippen molar-refractivity contribution in [1.29, 1.82) is 0 Å². The van der Waals surface area contributed by atoms with Gasteiger partial charge in [-0.1, -0.05) is 13.8 Å². The summed E-state index contributed by atoms with van der Waals surface area (Å²) in [4.78, 5) is 2.59. The van der Waals surface area contributed by atoms with Crippen molar-refractivity contribution in [3.8, 4) is 0 Å². The summed E-state index contributed by atoms with van der Waals surface area (Å²) in [6.07, 6.45) is 1.73. The lowest BCUT2D eigenvalue weighted by Gasteiger charge is -2.24. The zero-order chi connectivity index (χ0) is 12.3. The van der Waals surface area contributed by atoms with Crippen molar-refractivity contribution in [2.45, 2.75) is 33.4 Å². The van der Waals surface area contributed by atoms with E-state index < -0.39 is 0 Å². The lowest BCUT2D eigenvalue weighted by atomic mass is 10.0. The summed E-state index contributed by atoms with van der Waals surface area (Å²) in [6.45, 7) is 11.4. The molecule has 3 unspecified atom stereocenters. The maximum absolute atomic E-state index is 5.30. The van der Waals surface area contributed by atoms with Crippen LogP contribution in [0.15, 0.2) is 22.8 Å². The van der Waals surface area contributed by atoms with Gasteiger partial charge in [0.25, 0.3) is 0 Å². The van der Waals surface area contributed by atoms with E-state index in [2.05, 4.69) is 31.0 Å². The van der Waals surface area contributed by atoms with Crippen LogP contribution in [0.1, 0.15) is 26.5 Å². The molecular formula is C14H24N2O. The molecule has 96 valence electrons. The second-order valence-corrected chi connectivity index (χ2v) is 5.47. The van der Waals surface area contributed by atoms with Crippen molar-refractivity contribution in [2.24, 2.45) is 11.8 Å². The Balaban J connectivity index is 1.69. The molecule has 0 aliphatic carbocycles. The maximum atomic E-state index is 5.30. The highest BCUT2D eigenvalue weighted by Gasteiger charge is 2.28. The van der Waals surface area contributed by atoms with Crippen LogP contribution in [0, 0.1) is 11.8 Å². The Morgan fingerprint density at radius 3 is 2.71 bits per heavy atom. The van der Waals surface area contributed by atoms with E-state index >= 15 is 0 Å². The molecule has 0 radical (unpaired) electrons. The van der Waals surface area contributed by atoms with Gasteiger partial charge < -0.3 is 9.73 Å². The molecule has 3 atom stereocenters. The minimum Gasteiger partial charge on any atom is -0.468 e. The number of likely N-dealkylation sites (tertiary alicyclic amines) is 1. The first kappa shape index (κ1) is 12.7. The molecular weight excluding hydrogens is 212 g/mol. The fourth-order valence-corrected chi connectivity index (χ4v) is 2.48. The summed E-state index contributed by atoms with van der Waals surface area (Å²) in [5.74, 6) is 2.69. The fraction of sp³-hybridized carbons (Fsp3) is 0.714. The molecule has 0 aromatic carbocycles. The van der Waals surface area contributed by atoms with Crippen LogP contribution >= 0.6 is 0 Å². The van der Waals surface area contributed by atoms with Gasteiger partial charge in [0.2, 0.25) is 0 Å². The van der Waals surface area contributed by atoms with Crippen LogP contribution < -0.4 is 5.32 Å². The van der Waals surface area contributed by atoms with Gasteiger partial charge in [-0.25, -0.2) is 0 Å². The van der Waals surface area contributed by atoms with E-state index in [0.717, 1.165) is 30.7 Å². The smallest absolute Gasteiger partial charge is 0.117 e. The van der Waals surface area contributed by atoms with Gasteiger partial charge in [0.1, 0.15) is 5.76 Å². The lowest BCUT2D eigenvalue weighted by Crippen LogP contribution is -2.39. The average Bonchev–Trinajstić information content (AvgIpc) is 2.90. The molecule has 2 rings (SSSR count). The minimum atomic E-state index is 0.609. The van der Waals surface area contributed by atoms with Gasteiger partial charge in [0.15, 0.2) is 0 Å². The van der Waals surface area contributed by atoms with Crippen LogP contribution in [0.5, 0.6) is 0 Å². The fourth-order valence-electron chi connectivity index (χ4n) is 2.48. The summed E-state index contributed by atoms with van der Waals surface area (Å²) in [7, 11) is 0. The number of nitrogens with one attached hydrogen (secondary N) is 1. The zero-order valence-electron chi connectivity index (χ0n) is 11.1. The highest BCUT2D eigenvalue weighted by molar-refractivity contribution is 4.97. The van der Waals surface area contributed by atoms with Gasteiger partial charge in [-0.2, -0.15) is 0 Å². The molecule has 0 amide bonds. The Hall–Kier alpha value is -0.800. The van der Waals surface area contributed by atoms with E-state index in [1.54, 1.807) is 6.26 Å². The highest BCUT2D eigenvalue weighted by atomic mass is 16.3. The topological polar surface area (TPSA) is 28.4 Å². The molecule has 2 heterocycles. The Morgan fingerprint density at radius 1 is 1.41 bits per heavy atom. The van der Waals surface area contributed by atoms with Gasteiger partial charge >= 0.3 is 0 Å². The molecule has 1 aromatic rings. The van der Waals surface area contributed by atoms with E-state index in [1.165, 1.54) is 13.1 Å². The van der Waals surface area contributed by atoms with Gasteiger partial charge in [0.05, 0.1) is 12.8 Å². The van der Waals surface area contributed by atoms with Crippen molar-refractivity contribution >= 4 is 0 Å². The van der Waals surface area contributed by atoms with Crippen LogP contribution in [0.3, 0.4) is 0 Å². The molecule has 0 saturated carbocycles. The average molecular weight is 236 g/mol. The molecule has 1 fully saturated rings. The Morgan fingerprint density at radius 2 is 2.12 bits per heavy atom. The number of furan rings is 1. The summed E-state index contributed by atoms with van der Waals surface area (Å²) < 4.78 is 5.30. The molecule has 17 heavy (non-hydrogen) atoms. The summed E-state index contributed by atoms with van der Waals surface area (Å²) in [6, 6.07) is 4.56. The van der Waals surface area contributed by atoms with Crippen LogP contribution in [-0.2, 0) is 6.54 Å². The van der Waals surface area contributed by atoms with E-state index in [9.17, 15) is 0 Å². The standard InChI is InChI=1S/C14H24N2O/c1-11-9-16(10-12(11)2)13(3)7-15-8-14-5-4-6-17-14/h4-6,11-13,15H,7-10H2,1-3H3. The van der Waals surface area contributed by atoms with E-state index in [0.29, 0.717) is 6.04 Å². The second kappa shape index (κ2) is 5.69. The molecule has 0 spiro atoms. The monoisotopic (exact) mass is 236 g/mol. The summed E-state index contributed by atoms with van der Waals surface area (Å²) in [5, 5.41) is 3.46. The van der Waals surface area contributed by atoms with E-state index in [-0.39, 0.29) is 0 Å². The van der Waals surface area contributed by atoms with Gasteiger partial charge in [-0.05, 0) is 30.9 Å². The van der Waals surface area contributed by atoms with Gasteiger partial charge in [0, 0.05) is 25.7 Å². The number of hydrogen-bond donors (Lipinski definition) is 1. The minimum absolute atomic E-state index is 0.609. The third kappa shape index (κ3) is 3.33. The van der Waals surface area contributed by atoms with E-state index in [4.69, 9.17) is 4.42 Å². The van der Waals surface area contributed by atoms with E-state index in [1.807, 2.05) is 12.1 Å². The first-order chi connectivity index (χ1) is 8.16. The third-order valence-corrected chi connectivity index (χ3v) is 3.96. The predicted molar refractivity (Wildman–Crippen MR) is 69.8 cm³/mol. The summed E-state index contributed by atoms with van der Waals surface area (Å²) in [5.41, 5.74) is 0. The molecule has 3 heteroatoms. The van der Waals surface area contributed by atoms with Crippen molar-refractivity contribution in [1.82, 2.24) is 10.2 Å². The quantitative estimate of drug-likeness (QED) is 0.850. The predicted octanol–water partition coefficient (Wildman–Crippen LogP) is 2.35. The lowest BCUT2D eigenvalue weighted by molar-refractivity contribution is 0.239. The normalized spacial score (nSPS) is 27.5. The SMILES string of the molecule is CC1CN(C(C)CNCc2ccco2)CC1C. The van der Waals surface area contributed by atoms with Crippen molar-refractivity contribution in [2.75, 3.05) is 19.6 Å². The zero-order valence-corrected chi connectivity index (χ0v) is 11.1. The van der Waals surface area contributed by atoms with Gasteiger partial charge in [-0.15, -0.1) is 0 Å². The van der Waals surface area contributed by atoms with Crippen molar-refractivity contribution < 1.29 is 4.42 Å². The molecule has 0 bridgehead atoms. The number of hydrogen-bond acceptors (Lipinski definition) is 3. The molecule has 1 aliphatic heterocycles. The first-order valence-corrected chi connectivity index (χ1v) is 6.64. The maximum Gasteiger partial charge on any atom is 0.117 e.